The number of rotatable bonds is 3. The number of hydrogen-bond donors (Lipinski definition) is 0. The quantitative estimate of drug-likeness (QED) is 0.390. The third-order valence-electron chi connectivity index (χ3n) is 5.40. The monoisotopic (exact) mass is 396 g/mol. The summed E-state index contributed by atoms with van der Waals surface area (Å²) < 4.78 is 9.00. The molecule has 5 heteroatoms. The van der Waals surface area contributed by atoms with Crippen molar-refractivity contribution in [2.24, 2.45) is 0 Å². The maximum absolute atomic E-state index is 6.90. The largest absolute Gasteiger partial charge is 0.671 e. The van der Waals surface area contributed by atoms with Crippen LogP contribution in [-0.4, -0.2) is 11.5 Å². The summed E-state index contributed by atoms with van der Waals surface area (Å²) in [5.41, 5.74) is 4.10. The minimum absolute atomic E-state index is 0.452. The van der Waals surface area contributed by atoms with E-state index in [1.165, 1.54) is 0 Å². The third kappa shape index (κ3) is 3.02. The molecule has 0 radical (unpaired) electrons. The van der Waals surface area contributed by atoms with Crippen molar-refractivity contribution in [1.82, 2.24) is 4.98 Å². The molecule has 5 rings (SSSR count). The topological polar surface area (TPSA) is 26.0 Å². The lowest BCUT2D eigenvalue weighted by atomic mass is 9.40. The highest BCUT2D eigenvalue weighted by molar-refractivity contribution is 6.91. The highest BCUT2D eigenvalue weighted by Gasteiger charge is 2.44. The number of benzene rings is 3. The Morgan fingerprint density at radius 1 is 0.759 bits per heavy atom. The molecule has 0 atom stereocenters. The smallest absolute Gasteiger partial charge is 0.423 e. The van der Waals surface area contributed by atoms with E-state index in [0.717, 1.165) is 27.9 Å². The van der Waals surface area contributed by atoms with Gasteiger partial charge in [0.2, 0.25) is 11.5 Å². The van der Waals surface area contributed by atoms with E-state index in [0.29, 0.717) is 5.15 Å². The van der Waals surface area contributed by atoms with Crippen LogP contribution in [0.25, 0.3) is 11.8 Å². The second-order valence-electron chi connectivity index (χ2n) is 7.10. The summed E-state index contributed by atoms with van der Waals surface area (Å²) in [4.78, 5) is 4.37. The van der Waals surface area contributed by atoms with Crippen LogP contribution in [0.15, 0.2) is 103 Å². The predicted octanol–water partition coefficient (Wildman–Crippen LogP) is 3.66. The predicted molar refractivity (Wildman–Crippen MR) is 118 cm³/mol. The molecule has 4 aromatic rings. The van der Waals surface area contributed by atoms with Gasteiger partial charge >= 0.3 is 6.48 Å². The summed E-state index contributed by atoms with van der Waals surface area (Å²) in [5.74, 6) is 0.806. The van der Waals surface area contributed by atoms with Gasteiger partial charge in [-0.05, 0) is 16.6 Å². The van der Waals surface area contributed by atoms with Crippen molar-refractivity contribution in [1.29, 1.82) is 0 Å². The van der Waals surface area contributed by atoms with Crippen LogP contribution in [0.5, 0.6) is 0 Å². The SMILES string of the molecule is Clc1cc2[n+](cn1)[B-](c1ccccc1)(c1ccccc1)OC(c1ccccc1)=C2. The van der Waals surface area contributed by atoms with E-state index >= 15 is 0 Å². The van der Waals surface area contributed by atoms with Gasteiger partial charge in [-0.15, -0.1) is 10.9 Å². The fourth-order valence-corrected chi connectivity index (χ4v) is 4.23. The molecule has 1 aliphatic rings. The number of fused-ring (bicyclic) bond motifs is 1. The molecule has 0 saturated carbocycles. The molecule has 0 bridgehead atoms. The van der Waals surface area contributed by atoms with Crippen LogP contribution in [0.4, 0.5) is 0 Å². The van der Waals surface area contributed by atoms with Gasteiger partial charge in [0, 0.05) is 17.7 Å². The normalized spacial score (nSPS) is 14.4. The number of halogens is 1. The Bertz CT molecular complexity index is 1140. The lowest BCUT2D eigenvalue weighted by Crippen LogP contribution is -2.81. The first-order chi connectivity index (χ1) is 14.3. The van der Waals surface area contributed by atoms with Crippen LogP contribution >= 0.6 is 11.6 Å². The molecule has 0 aliphatic carbocycles. The lowest BCUT2D eigenvalue weighted by molar-refractivity contribution is -0.561. The Hall–Kier alpha value is -3.37. The van der Waals surface area contributed by atoms with Gasteiger partial charge < -0.3 is 9.13 Å². The minimum Gasteiger partial charge on any atom is -0.671 e. The number of aromatic nitrogens is 2. The fourth-order valence-electron chi connectivity index (χ4n) is 4.08. The van der Waals surface area contributed by atoms with Gasteiger partial charge in [-0.3, -0.25) is 0 Å². The van der Waals surface area contributed by atoms with Crippen LogP contribution in [-0.2, 0) is 4.65 Å². The fraction of sp³-hybridized carbons (Fsp3) is 0. The van der Waals surface area contributed by atoms with Gasteiger partial charge in [-0.2, -0.15) is 0 Å². The molecule has 3 aromatic carbocycles. The van der Waals surface area contributed by atoms with Crippen LogP contribution in [0.3, 0.4) is 0 Å². The molecule has 2 heterocycles. The maximum Gasteiger partial charge on any atom is 0.423 e. The molecule has 0 N–H and O–H groups in total. The van der Waals surface area contributed by atoms with Gasteiger partial charge in [-0.1, -0.05) is 91.0 Å². The summed E-state index contributed by atoms with van der Waals surface area (Å²) in [6.45, 7) is -1.80. The molecular formula is C24H18BClN2O. The summed E-state index contributed by atoms with van der Waals surface area (Å²) in [7, 11) is 0. The molecular weight excluding hydrogens is 379 g/mol. The van der Waals surface area contributed by atoms with Crippen LogP contribution < -0.4 is 15.4 Å². The molecule has 0 unspecified atom stereocenters. The highest BCUT2D eigenvalue weighted by Crippen LogP contribution is 2.27. The van der Waals surface area contributed by atoms with E-state index in [2.05, 4.69) is 45.9 Å². The highest BCUT2D eigenvalue weighted by atomic mass is 35.5. The Morgan fingerprint density at radius 2 is 1.31 bits per heavy atom. The zero-order valence-corrected chi connectivity index (χ0v) is 16.4. The van der Waals surface area contributed by atoms with Crippen LogP contribution in [0.1, 0.15) is 11.3 Å². The average molecular weight is 397 g/mol. The standard InChI is InChI=1S/C24H18BClN2O/c26-24-17-22-16-23(19-10-4-1-5-11-19)29-25(28(22)18-27-24,20-12-6-2-7-13-20)21-14-8-3-9-15-21/h1-18H. The maximum atomic E-state index is 6.90. The van der Waals surface area contributed by atoms with E-state index in [1.54, 1.807) is 6.33 Å². The van der Waals surface area contributed by atoms with E-state index in [-0.39, 0.29) is 0 Å². The van der Waals surface area contributed by atoms with Gasteiger partial charge in [-0.25, -0.2) is 0 Å². The van der Waals surface area contributed by atoms with Crippen molar-refractivity contribution in [3.8, 4) is 0 Å². The summed E-state index contributed by atoms with van der Waals surface area (Å²) >= 11 is 6.27. The van der Waals surface area contributed by atoms with Crippen molar-refractivity contribution >= 4 is 40.8 Å². The second kappa shape index (κ2) is 7.23. The van der Waals surface area contributed by atoms with Gasteiger partial charge in [0.1, 0.15) is 0 Å². The zero-order valence-electron chi connectivity index (χ0n) is 15.7. The van der Waals surface area contributed by atoms with Crippen molar-refractivity contribution < 1.29 is 9.13 Å². The number of hydrogen-bond acceptors (Lipinski definition) is 2. The molecule has 0 spiro atoms. The summed E-state index contributed by atoms with van der Waals surface area (Å²) in [6.07, 6.45) is 3.80. The lowest BCUT2D eigenvalue weighted by Gasteiger charge is -2.44. The molecule has 29 heavy (non-hydrogen) atoms. The Balaban J connectivity index is 1.84. The molecule has 0 amide bonds. The van der Waals surface area contributed by atoms with E-state index in [9.17, 15) is 0 Å². The van der Waals surface area contributed by atoms with Crippen molar-refractivity contribution in [2.45, 2.75) is 0 Å². The number of nitrogens with zero attached hydrogens (tertiary/aromatic N) is 2. The molecule has 1 aliphatic heterocycles. The van der Waals surface area contributed by atoms with E-state index in [1.807, 2.05) is 66.7 Å². The Labute approximate surface area is 174 Å². The van der Waals surface area contributed by atoms with Gasteiger partial charge in [0.15, 0.2) is 0 Å². The minimum atomic E-state index is -1.80. The first kappa shape index (κ1) is 17.7. The van der Waals surface area contributed by atoms with Crippen LogP contribution in [0, 0.1) is 0 Å². The Kier molecular flexibility index (Phi) is 4.41. The molecule has 0 fully saturated rings. The molecule has 140 valence electrons. The zero-order chi connectivity index (χ0) is 19.7. The van der Waals surface area contributed by atoms with Gasteiger partial charge in [0.25, 0.3) is 0 Å². The van der Waals surface area contributed by atoms with E-state index in [4.69, 9.17) is 16.3 Å². The molecule has 0 saturated heterocycles. The summed E-state index contributed by atoms with van der Waals surface area (Å²) in [6, 6.07) is 32.6. The van der Waals surface area contributed by atoms with Crippen molar-refractivity contribution in [3.63, 3.8) is 0 Å². The molecule has 3 nitrogen and oxygen atoms in total. The summed E-state index contributed by atoms with van der Waals surface area (Å²) in [5, 5.41) is 0.452. The van der Waals surface area contributed by atoms with Crippen molar-refractivity contribution in [2.75, 3.05) is 0 Å². The molecule has 1 aromatic heterocycles. The first-order valence-electron chi connectivity index (χ1n) is 9.56. The van der Waals surface area contributed by atoms with E-state index < -0.39 is 6.48 Å². The van der Waals surface area contributed by atoms with Crippen LogP contribution in [0.2, 0.25) is 5.15 Å². The van der Waals surface area contributed by atoms with Crippen molar-refractivity contribution in [3.05, 3.63) is 120 Å². The first-order valence-corrected chi connectivity index (χ1v) is 9.94. The Morgan fingerprint density at radius 3 is 1.90 bits per heavy atom. The van der Waals surface area contributed by atoms with Gasteiger partial charge in [0.05, 0.1) is 11.5 Å². The second-order valence-corrected chi connectivity index (χ2v) is 7.49. The average Bonchev–Trinajstić information content (AvgIpc) is 2.80. The third-order valence-corrected chi connectivity index (χ3v) is 5.61.